The summed E-state index contributed by atoms with van der Waals surface area (Å²) in [5.41, 5.74) is 2.60. The van der Waals surface area contributed by atoms with Crippen LogP contribution in [-0.2, 0) is 25.9 Å². The Balaban J connectivity index is 2.45. The lowest BCUT2D eigenvalue weighted by molar-refractivity contribution is 0.268. The molecule has 1 atom stereocenters. The second-order valence-corrected chi connectivity index (χ2v) is 6.33. The largest absolute Gasteiger partial charge is 0.362 e. The molecule has 0 N–H and O–H groups in total. The maximum absolute atomic E-state index is 5.62. The quantitative estimate of drug-likeness (QED) is 0.463. The highest BCUT2D eigenvalue weighted by atomic mass is 31.2. The van der Waals surface area contributed by atoms with Gasteiger partial charge in [0.15, 0.2) is 8.38 Å². The summed E-state index contributed by atoms with van der Waals surface area (Å²) in [5, 5.41) is 0. The molecule has 0 aromatic heterocycles. The first-order valence-electron chi connectivity index (χ1n) is 6.75. The summed E-state index contributed by atoms with van der Waals surface area (Å²) < 4.78 is 16.6. The average molecular weight is 302 g/mol. The Kier molecular flexibility index (Phi) is 9.59. The molecule has 1 rings (SSSR count). The van der Waals surface area contributed by atoms with Gasteiger partial charge in [-0.2, -0.15) is 0 Å². The van der Waals surface area contributed by atoms with E-state index in [1.807, 2.05) is 20.8 Å². The van der Waals surface area contributed by atoms with E-state index in [4.69, 9.17) is 13.6 Å². The van der Waals surface area contributed by atoms with Crippen LogP contribution in [0.25, 0.3) is 0 Å². The zero-order valence-corrected chi connectivity index (χ0v) is 13.9. The Labute approximate surface area is 119 Å². The van der Waals surface area contributed by atoms with Crippen LogP contribution in [0.2, 0.25) is 0 Å². The molecule has 0 fully saturated rings. The van der Waals surface area contributed by atoms with Gasteiger partial charge >= 0.3 is 0 Å². The third-order valence-electron chi connectivity index (χ3n) is 2.40. The molecule has 1 aromatic carbocycles. The van der Waals surface area contributed by atoms with Crippen LogP contribution < -0.4 is 0 Å². The molecule has 0 aliphatic rings. The summed E-state index contributed by atoms with van der Waals surface area (Å²) in [7, 11) is -0.226. The Morgan fingerprint density at radius 2 is 1.47 bits per heavy atom. The molecule has 108 valence electrons. The standard InChI is InChI=1S/C14H24O3P2/c1-4-15-18-11-13-7-9-14(10-8-13)12-19(16-5-2)17-6-3/h7-10,18H,4-6,11-12H2,1-3H3. The fourth-order valence-electron chi connectivity index (χ4n) is 1.56. The molecule has 0 radical (unpaired) electrons. The van der Waals surface area contributed by atoms with Gasteiger partial charge < -0.3 is 13.6 Å². The van der Waals surface area contributed by atoms with Gasteiger partial charge in [0.1, 0.15) is 0 Å². The van der Waals surface area contributed by atoms with Crippen molar-refractivity contribution in [2.24, 2.45) is 0 Å². The Hall–Kier alpha value is -0.0400. The minimum Gasteiger partial charge on any atom is -0.362 e. The van der Waals surface area contributed by atoms with Gasteiger partial charge in [0.2, 0.25) is 0 Å². The molecule has 1 aromatic rings. The molecule has 3 nitrogen and oxygen atoms in total. The van der Waals surface area contributed by atoms with Gasteiger partial charge in [-0.1, -0.05) is 24.3 Å². The number of hydrogen-bond acceptors (Lipinski definition) is 3. The van der Waals surface area contributed by atoms with Gasteiger partial charge in [0.05, 0.1) is 13.2 Å². The normalized spacial score (nSPS) is 11.8. The van der Waals surface area contributed by atoms with E-state index in [9.17, 15) is 0 Å². The van der Waals surface area contributed by atoms with Crippen molar-refractivity contribution in [2.75, 3.05) is 19.8 Å². The molecule has 0 aliphatic heterocycles. The maximum Gasteiger partial charge on any atom is 0.175 e. The lowest BCUT2D eigenvalue weighted by Crippen LogP contribution is -1.94. The molecule has 5 heteroatoms. The molecule has 0 saturated carbocycles. The predicted octanol–water partition coefficient (Wildman–Crippen LogP) is 4.70. The maximum atomic E-state index is 5.62. The van der Waals surface area contributed by atoms with Crippen LogP contribution in [0.5, 0.6) is 0 Å². The van der Waals surface area contributed by atoms with E-state index in [0.717, 1.165) is 18.9 Å². The Bertz CT molecular complexity index is 324. The van der Waals surface area contributed by atoms with Crippen molar-refractivity contribution < 1.29 is 13.6 Å². The van der Waals surface area contributed by atoms with Gasteiger partial charge in [-0.15, -0.1) is 0 Å². The average Bonchev–Trinajstić information content (AvgIpc) is 2.42. The lowest BCUT2D eigenvalue weighted by Gasteiger charge is -2.15. The summed E-state index contributed by atoms with van der Waals surface area (Å²) in [6.07, 6.45) is 1.87. The minimum absolute atomic E-state index is 0.557. The summed E-state index contributed by atoms with van der Waals surface area (Å²) in [6.45, 7) is 8.25. The molecule has 0 heterocycles. The van der Waals surface area contributed by atoms with Gasteiger partial charge in [-0.25, -0.2) is 0 Å². The van der Waals surface area contributed by atoms with Crippen molar-refractivity contribution >= 4 is 17.2 Å². The molecule has 19 heavy (non-hydrogen) atoms. The highest BCUT2D eigenvalue weighted by molar-refractivity contribution is 7.46. The molecule has 0 saturated heterocycles. The number of hydrogen-bond donors (Lipinski definition) is 0. The lowest BCUT2D eigenvalue weighted by atomic mass is 10.2. The van der Waals surface area contributed by atoms with Gasteiger partial charge in [0, 0.05) is 27.7 Å². The predicted molar refractivity (Wildman–Crippen MR) is 84.0 cm³/mol. The molecule has 0 spiro atoms. The van der Waals surface area contributed by atoms with Crippen molar-refractivity contribution in [1.29, 1.82) is 0 Å². The number of benzene rings is 1. The first kappa shape index (κ1) is 17.0. The Morgan fingerprint density at radius 3 is 2.00 bits per heavy atom. The van der Waals surface area contributed by atoms with E-state index >= 15 is 0 Å². The first-order valence-corrected chi connectivity index (χ1v) is 9.23. The third kappa shape index (κ3) is 7.34. The van der Waals surface area contributed by atoms with E-state index < -0.39 is 8.38 Å². The van der Waals surface area contributed by atoms with E-state index in [-0.39, 0.29) is 0 Å². The highest BCUT2D eigenvalue weighted by Crippen LogP contribution is 2.41. The zero-order valence-electron chi connectivity index (χ0n) is 12.0. The minimum atomic E-state index is -0.783. The van der Waals surface area contributed by atoms with Crippen molar-refractivity contribution in [3.8, 4) is 0 Å². The molecular formula is C14H24O3P2. The summed E-state index contributed by atoms with van der Waals surface area (Å²) in [4.78, 5) is 0. The monoisotopic (exact) mass is 302 g/mol. The first-order chi connectivity index (χ1) is 9.30. The Morgan fingerprint density at radius 1 is 0.895 bits per heavy atom. The van der Waals surface area contributed by atoms with Gasteiger partial charge in [0.25, 0.3) is 0 Å². The second kappa shape index (κ2) is 10.7. The number of rotatable bonds is 10. The van der Waals surface area contributed by atoms with Crippen molar-refractivity contribution in [1.82, 2.24) is 0 Å². The third-order valence-corrected chi connectivity index (χ3v) is 5.16. The van der Waals surface area contributed by atoms with Crippen molar-refractivity contribution in [3.05, 3.63) is 35.4 Å². The van der Waals surface area contributed by atoms with Crippen LogP contribution in [0.1, 0.15) is 31.9 Å². The van der Waals surface area contributed by atoms with Crippen LogP contribution in [0.15, 0.2) is 24.3 Å². The van der Waals surface area contributed by atoms with Crippen LogP contribution in [0.4, 0.5) is 0 Å². The topological polar surface area (TPSA) is 27.7 Å². The molecule has 0 amide bonds. The molecule has 0 bridgehead atoms. The SMILES string of the molecule is CCOPCc1ccc(CP(OCC)OCC)cc1. The van der Waals surface area contributed by atoms with Crippen molar-refractivity contribution in [3.63, 3.8) is 0 Å². The highest BCUT2D eigenvalue weighted by Gasteiger charge is 2.10. The van der Waals surface area contributed by atoms with Crippen LogP contribution >= 0.6 is 17.2 Å². The smallest absolute Gasteiger partial charge is 0.175 e. The van der Waals surface area contributed by atoms with E-state index in [2.05, 4.69) is 24.3 Å². The van der Waals surface area contributed by atoms with Crippen molar-refractivity contribution in [2.45, 2.75) is 33.1 Å². The molecule has 0 aliphatic carbocycles. The zero-order chi connectivity index (χ0) is 13.9. The second-order valence-electron chi connectivity index (χ2n) is 3.90. The van der Waals surface area contributed by atoms with E-state index in [1.165, 1.54) is 11.1 Å². The van der Waals surface area contributed by atoms with Crippen LogP contribution in [-0.4, -0.2) is 19.8 Å². The van der Waals surface area contributed by atoms with E-state index in [1.54, 1.807) is 0 Å². The van der Waals surface area contributed by atoms with Gasteiger partial charge in [-0.3, -0.25) is 0 Å². The summed E-state index contributed by atoms with van der Waals surface area (Å²) in [6, 6.07) is 8.68. The molecule has 1 unspecified atom stereocenters. The van der Waals surface area contributed by atoms with Crippen LogP contribution in [0, 0.1) is 0 Å². The van der Waals surface area contributed by atoms with Gasteiger partial charge in [-0.05, 0) is 31.9 Å². The van der Waals surface area contributed by atoms with E-state index in [0.29, 0.717) is 22.0 Å². The molecular weight excluding hydrogens is 278 g/mol. The fraction of sp³-hybridized carbons (Fsp3) is 0.571. The van der Waals surface area contributed by atoms with Crippen LogP contribution in [0.3, 0.4) is 0 Å². The summed E-state index contributed by atoms with van der Waals surface area (Å²) in [5.74, 6) is 0. The fourth-order valence-corrected chi connectivity index (χ4v) is 3.62. The summed E-state index contributed by atoms with van der Waals surface area (Å²) >= 11 is 0.